The van der Waals surface area contributed by atoms with Crippen LogP contribution in [0, 0.1) is 16.0 Å². The Hall–Kier alpha value is -1.91. The highest BCUT2D eigenvalue weighted by Gasteiger charge is 2.39. The predicted octanol–water partition coefficient (Wildman–Crippen LogP) is 1.89. The zero-order valence-corrected chi connectivity index (χ0v) is 9.26. The van der Waals surface area contributed by atoms with Gasteiger partial charge in [0.15, 0.2) is 0 Å². The molecule has 3 rings (SSSR count). The number of nitro groups is 1. The second-order valence-electron chi connectivity index (χ2n) is 4.56. The molecule has 0 radical (unpaired) electrons. The number of para-hydroxylation sites is 1. The molecule has 1 aromatic rings. The SMILES string of the molecule is O=C(C1CC1)N1CCc2cccc([N+](=O)[O-])c21. The highest BCUT2D eigenvalue weighted by atomic mass is 16.6. The van der Waals surface area contributed by atoms with Gasteiger partial charge in [0.2, 0.25) is 5.91 Å². The summed E-state index contributed by atoms with van der Waals surface area (Å²) in [6.45, 7) is 0.579. The number of carbonyl (C=O) groups excluding carboxylic acids is 1. The van der Waals surface area contributed by atoms with E-state index in [4.69, 9.17) is 0 Å². The molecule has 0 spiro atoms. The molecule has 0 saturated heterocycles. The van der Waals surface area contributed by atoms with Crippen molar-refractivity contribution in [1.29, 1.82) is 0 Å². The highest BCUT2D eigenvalue weighted by molar-refractivity contribution is 6.00. The van der Waals surface area contributed by atoms with Crippen LogP contribution in [0.3, 0.4) is 0 Å². The van der Waals surface area contributed by atoms with Gasteiger partial charge >= 0.3 is 0 Å². The molecule has 0 bridgehead atoms. The van der Waals surface area contributed by atoms with Crippen LogP contribution in [0.4, 0.5) is 11.4 Å². The van der Waals surface area contributed by atoms with Crippen LogP contribution in [-0.4, -0.2) is 17.4 Å². The number of fused-ring (bicyclic) bond motifs is 1. The molecule has 0 N–H and O–H groups in total. The summed E-state index contributed by atoms with van der Waals surface area (Å²) < 4.78 is 0. The maximum absolute atomic E-state index is 12.0. The van der Waals surface area contributed by atoms with Crippen LogP contribution >= 0.6 is 0 Å². The molecule has 5 heteroatoms. The lowest BCUT2D eigenvalue weighted by Crippen LogP contribution is -2.30. The van der Waals surface area contributed by atoms with Gasteiger partial charge in [-0.3, -0.25) is 14.9 Å². The minimum absolute atomic E-state index is 0.0500. The second-order valence-corrected chi connectivity index (χ2v) is 4.56. The Morgan fingerprint density at radius 2 is 2.18 bits per heavy atom. The van der Waals surface area contributed by atoms with Crippen molar-refractivity contribution < 1.29 is 9.72 Å². The third-order valence-electron chi connectivity index (χ3n) is 3.36. The lowest BCUT2D eigenvalue weighted by molar-refractivity contribution is -0.384. The Labute approximate surface area is 98.2 Å². The van der Waals surface area contributed by atoms with Crippen LogP contribution in [0.5, 0.6) is 0 Å². The smallest absolute Gasteiger partial charge is 0.293 e. The number of anilines is 1. The van der Waals surface area contributed by atoms with Crippen molar-refractivity contribution in [1.82, 2.24) is 0 Å². The Morgan fingerprint density at radius 3 is 2.82 bits per heavy atom. The first-order chi connectivity index (χ1) is 8.18. The van der Waals surface area contributed by atoms with Crippen LogP contribution in [0.2, 0.25) is 0 Å². The lowest BCUT2D eigenvalue weighted by atomic mass is 10.1. The van der Waals surface area contributed by atoms with Gasteiger partial charge in [-0.15, -0.1) is 0 Å². The summed E-state index contributed by atoms with van der Waals surface area (Å²) in [5, 5.41) is 11.0. The van der Waals surface area contributed by atoms with Crippen LogP contribution in [0.1, 0.15) is 18.4 Å². The first kappa shape index (κ1) is 10.3. The molecule has 0 atom stereocenters. The van der Waals surface area contributed by atoms with E-state index >= 15 is 0 Å². The number of rotatable bonds is 2. The Kier molecular flexibility index (Phi) is 2.14. The summed E-state index contributed by atoms with van der Waals surface area (Å²) in [5.41, 5.74) is 1.48. The third kappa shape index (κ3) is 1.58. The minimum atomic E-state index is -0.405. The van der Waals surface area contributed by atoms with E-state index in [1.165, 1.54) is 6.07 Å². The second kappa shape index (κ2) is 3.55. The fourth-order valence-corrected chi connectivity index (χ4v) is 2.35. The topological polar surface area (TPSA) is 63.5 Å². The molecule has 2 aliphatic rings. The predicted molar refractivity (Wildman–Crippen MR) is 61.9 cm³/mol. The summed E-state index contributed by atoms with van der Waals surface area (Å²) in [6, 6.07) is 5.02. The molecule has 1 aliphatic carbocycles. The molecule has 5 nitrogen and oxygen atoms in total. The van der Waals surface area contributed by atoms with Gasteiger partial charge in [0.25, 0.3) is 5.69 Å². The number of hydrogen-bond acceptors (Lipinski definition) is 3. The molecule has 1 fully saturated rings. The number of amides is 1. The molecule has 0 aromatic heterocycles. The first-order valence-corrected chi connectivity index (χ1v) is 5.76. The summed E-state index contributed by atoms with van der Waals surface area (Å²) >= 11 is 0. The molecular weight excluding hydrogens is 220 g/mol. The van der Waals surface area contributed by atoms with Gasteiger partial charge in [0.05, 0.1) is 4.92 Å². The monoisotopic (exact) mass is 232 g/mol. The Balaban J connectivity index is 2.04. The number of carbonyl (C=O) groups is 1. The first-order valence-electron chi connectivity index (χ1n) is 5.76. The zero-order chi connectivity index (χ0) is 12.0. The van der Waals surface area contributed by atoms with Gasteiger partial charge in [-0.1, -0.05) is 12.1 Å². The maximum atomic E-state index is 12.0. The van der Waals surface area contributed by atoms with Gasteiger partial charge in [0, 0.05) is 18.5 Å². The van der Waals surface area contributed by atoms with Crippen LogP contribution < -0.4 is 4.90 Å². The molecular formula is C12H12N2O3. The van der Waals surface area contributed by atoms with Crippen molar-refractivity contribution in [3.05, 3.63) is 33.9 Å². The molecule has 17 heavy (non-hydrogen) atoms. The van der Waals surface area contributed by atoms with Crippen LogP contribution in [-0.2, 0) is 11.2 Å². The van der Waals surface area contributed by atoms with E-state index in [-0.39, 0.29) is 17.5 Å². The molecule has 88 valence electrons. The summed E-state index contributed by atoms with van der Waals surface area (Å²) in [6.07, 6.45) is 2.56. The molecule has 1 saturated carbocycles. The van der Waals surface area contributed by atoms with Crippen molar-refractivity contribution in [3.8, 4) is 0 Å². The zero-order valence-electron chi connectivity index (χ0n) is 9.26. The normalized spacial score (nSPS) is 18.0. The Morgan fingerprint density at radius 1 is 1.41 bits per heavy atom. The van der Waals surface area contributed by atoms with E-state index in [0.717, 1.165) is 24.8 Å². The average molecular weight is 232 g/mol. The quantitative estimate of drug-likeness (QED) is 0.577. The van der Waals surface area contributed by atoms with Crippen molar-refractivity contribution in [2.24, 2.45) is 5.92 Å². The largest absolute Gasteiger partial charge is 0.306 e. The summed E-state index contributed by atoms with van der Waals surface area (Å²) in [7, 11) is 0. The molecule has 1 amide bonds. The molecule has 1 aromatic carbocycles. The molecule has 0 unspecified atom stereocenters. The fourth-order valence-electron chi connectivity index (χ4n) is 2.35. The number of hydrogen-bond donors (Lipinski definition) is 0. The van der Waals surface area contributed by atoms with Crippen LogP contribution in [0.25, 0.3) is 0 Å². The van der Waals surface area contributed by atoms with Crippen molar-refractivity contribution in [2.45, 2.75) is 19.3 Å². The van der Waals surface area contributed by atoms with Gasteiger partial charge < -0.3 is 4.90 Å². The van der Waals surface area contributed by atoms with E-state index in [1.54, 1.807) is 11.0 Å². The van der Waals surface area contributed by atoms with E-state index in [2.05, 4.69) is 0 Å². The van der Waals surface area contributed by atoms with Gasteiger partial charge in [-0.2, -0.15) is 0 Å². The van der Waals surface area contributed by atoms with Crippen molar-refractivity contribution in [3.63, 3.8) is 0 Å². The van der Waals surface area contributed by atoms with Gasteiger partial charge in [-0.25, -0.2) is 0 Å². The van der Waals surface area contributed by atoms with E-state index < -0.39 is 4.92 Å². The van der Waals surface area contributed by atoms with Crippen molar-refractivity contribution in [2.75, 3.05) is 11.4 Å². The van der Waals surface area contributed by atoms with E-state index in [1.807, 2.05) is 6.07 Å². The highest BCUT2D eigenvalue weighted by Crippen LogP contribution is 2.40. The standard InChI is InChI=1S/C12H12N2O3/c15-12(9-4-5-9)13-7-6-8-2-1-3-10(11(8)13)14(16)17/h1-3,9H,4-7H2. The third-order valence-corrected chi connectivity index (χ3v) is 3.36. The van der Waals surface area contributed by atoms with Gasteiger partial charge in [-0.05, 0) is 24.8 Å². The fraction of sp³-hybridized carbons (Fsp3) is 0.417. The van der Waals surface area contributed by atoms with E-state index in [9.17, 15) is 14.9 Å². The number of nitrogens with zero attached hydrogens (tertiary/aromatic N) is 2. The maximum Gasteiger partial charge on any atom is 0.293 e. The Bertz CT molecular complexity index is 508. The van der Waals surface area contributed by atoms with Crippen molar-refractivity contribution >= 4 is 17.3 Å². The summed E-state index contributed by atoms with van der Waals surface area (Å²) in [4.78, 5) is 24.2. The average Bonchev–Trinajstić information content (AvgIpc) is 3.07. The number of benzene rings is 1. The summed E-state index contributed by atoms with van der Waals surface area (Å²) in [5.74, 6) is 0.152. The van der Waals surface area contributed by atoms with E-state index in [0.29, 0.717) is 12.2 Å². The molecule has 1 aliphatic heterocycles. The lowest BCUT2D eigenvalue weighted by Gasteiger charge is -2.16. The van der Waals surface area contributed by atoms with Crippen LogP contribution in [0.15, 0.2) is 18.2 Å². The van der Waals surface area contributed by atoms with Gasteiger partial charge in [0.1, 0.15) is 5.69 Å². The molecule has 1 heterocycles. The number of nitro benzene ring substituents is 1. The minimum Gasteiger partial charge on any atom is -0.306 e.